The molecule has 0 saturated heterocycles. The fraction of sp³-hybridized carbons (Fsp3) is 0.400. The smallest absolute Gasteiger partial charge is 0.408 e. The summed E-state index contributed by atoms with van der Waals surface area (Å²) in [6, 6.07) is 16.9. The summed E-state index contributed by atoms with van der Waals surface area (Å²) in [5.74, 6) is -3.76. The lowest BCUT2D eigenvalue weighted by Gasteiger charge is -2.31. The molecule has 1 fully saturated rings. The number of hydrogen-bond acceptors (Lipinski definition) is 5. The van der Waals surface area contributed by atoms with Gasteiger partial charge >= 0.3 is 12.1 Å². The number of carbonyl (C=O) groups is 3. The number of alkyl carbamates (subject to hydrolysis) is 1. The van der Waals surface area contributed by atoms with Crippen LogP contribution in [0, 0.1) is 5.92 Å². The van der Waals surface area contributed by atoms with Crippen molar-refractivity contribution >= 4 is 25.3 Å². The molecule has 3 unspecified atom stereocenters. The van der Waals surface area contributed by atoms with Gasteiger partial charge in [0.05, 0.1) is 0 Å². The molecule has 0 radical (unpaired) electrons. The second-order valence-corrected chi connectivity index (χ2v) is 11.4. The van der Waals surface area contributed by atoms with Crippen molar-refractivity contribution in [2.24, 2.45) is 5.92 Å². The average Bonchev–Trinajstić information content (AvgIpc) is 3.35. The first kappa shape index (κ1) is 26.4. The van der Waals surface area contributed by atoms with E-state index in [4.69, 9.17) is 9.84 Å². The summed E-state index contributed by atoms with van der Waals surface area (Å²) < 4.78 is 19.1. The van der Waals surface area contributed by atoms with Crippen LogP contribution in [0.15, 0.2) is 60.7 Å². The molecule has 2 aromatic rings. The lowest BCUT2D eigenvalue weighted by molar-refractivity contribution is -0.141. The number of nitrogens with one attached hydrogen (secondary N) is 2. The van der Waals surface area contributed by atoms with Crippen molar-refractivity contribution in [2.45, 2.75) is 56.7 Å². The number of carboxylic acid groups (broad SMARTS) is 1. The van der Waals surface area contributed by atoms with Crippen LogP contribution < -0.4 is 10.6 Å². The van der Waals surface area contributed by atoms with Gasteiger partial charge in [0.15, 0.2) is 0 Å². The minimum absolute atomic E-state index is 0.00198. The molecule has 35 heavy (non-hydrogen) atoms. The third-order valence-corrected chi connectivity index (χ3v) is 9.01. The lowest BCUT2D eigenvalue weighted by Crippen LogP contribution is -2.45. The maximum Gasteiger partial charge on any atom is 0.408 e. The minimum Gasteiger partial charge on any atom is -0.480 e. The van der Waals surface area contributed by atoms with Crippen LogP contribution in [0.4, 0.5) is 4.79 Å². The normalized spacial score (nSPS) is 20.7. The number of ether oxygens (including phenoxy) is 1. The van der Waals surface area contributed by atoms with Gasteiger partial charge in [-0.25, -0.2) is 4.79 Å². The van der Waals surface area contributed by atoms with E-state index in [1.165, 1.54) is 6.92 Å². The van der Waals surface area contributed by atoms with Crippen LogP contribution in [0.2, 0.25) is 0 Å². The summed E-state index contributed by atoms with van der Waals surface area (Å²) in [6.45, 7) is 1.34. The Hall–Kier alpha value is -3.16. The van der Waals surface area contributed by atoms with E-state index in [0.717, 1.165) is 11.1 Å². The van der Waals surface area contributed by atoms with Gasteiger partial charge in [0.2, 0.25) is 13.3 Å². The van der Waals surface area contributed by atoms with Crippen molar-refractivity contribution in [3.63, 3.8) is 0 Å². The van der Waals surface area contributed by atoms with Crippen molar-refractivity contribution < 1.29 is 33.7 Å². The Morgan fingerprint density at radius 3 is 2.20 bits per heavy atom. The lowest BCUT2D eigenvalue weighted by atomic mass is 10.1. The molecule has 2 amide bonds. The summed E-state index contributed by atoms with van der Waals surface area (Å²) in [7, 11) is -4.16. The third-order valence-electron chi connectivity index (χ3n) is 6.24. The average molecular weight is 503 g/mol. The van der Waals surface area contributed by atoms with Gasteiger partial charge < -0.3 is 25.4 Å². The molecule has 0 spiro atoms. The molecule has 5 atom stereocenters. The van der Waals surface area contributed by atoms with E-state index in [0.29, 0.717) is 19.3 Å². The quantitative estimate of drug-likeness (QED) is 0.364. The van der Waals surface area contributed by atoms with Crippen LogP contribution in [0.5, 0.6) is 0 Å². The molecular weight excluding hydrogens is 471 g/mol. The number of amides is 2. The molecule has 188 valence electrons. The zero-order valence-electron chi connectivity index (χ0n) is 19.5. The van der Waals surface area contributed by atoms with Gasteiger partial charge in [-0.2, -0.15) is 0 Å². The molecule has 0 aliphatic heterocycles. The molecule has 1 aliphatic rings. The molecule has 0 heterocycles. The Morgan fingerprint density at radius 1 is 1.00 bits per heavy atom. The summed E-state index contributed by atoms with van der Waals surface area (Å²) in [5.41, 5.74) is 0.606. The summed E-state index contributed by atoms with van der Waals surface area (Å²) in [4.78, 5) is 47.8. The Kier molecular flexibility index (Phi) is 9.07. The third kappa shape index (κ3) is 7.16. The van der Waals surface area contributed by atoms with Crippen LogP contribution in [-0.2, 0) is 31.9 Å². The number of carbonyl (C=O) groups excluding carboxylic acids is 2. The fourth-order valence-corrected chi connectivity index (χ4v) is 6.89. The summed E-state index contributed by atoms with van der Waals surface area (Å²) in [6.07, 6.45) is 0.475. The predicted octanol–water partition coefficient (Wildman–Crippen LogP) is 3.51. The number of carboxylic acids is 1. The SMILES string of the molecule is C[C@H](NC(=O)C1CCCC1P(=O)(O)[C@H](Cc1ccccc1)NC(=O)OCc1ccccc1)C(=O)O. The van der Waals surface area contributed by atoms with Gasteiger partial charge in [0.1, 0.15) is 18.4 Å². The minimum atomic E-state index is -4.16. The van der Waals surface area contributed by atoms with Crippen molar-refractivity contribution in [2.75, 3.05) is 0 Å². The predicted molar refractivity (Wildman–Crippen MR) is 130 cm³/mol. The fourth-order valence-electron chi connectivity index (χ4n) is 4.31. The van der Waals surface area contributed by atoms with Crippen LogP contribution >= 0.6 is 7.37 Å². The van der Waals surface area contributed by atoms with Crippen LogP contribution in [-0.4, -0.2) is 45.5 Å². The first-order valence-corrected chi connectivity index (χ1v) is 13.3. The monoisotopic (exact) mass is 502 g/mol. The molecular formula is C25H31N2O7P. The molecule has 3 rings (SSSR count). The molecule has 9 nitrogen and oxygen atoms in total. The number of benzene rings is 2. The molecule has 10 heteroatoms. The van der Waals surface area contributed by atoms with E-state index in [1.54, 1.807) is 36.4 Å². The number of hydrogen-bond donors (Lipinski definition) is 4. The van der Waals surface area contributed by atoms with Gasteiger partial charge in [-0.1, -0.05) is 67.1 Å². The molecule has 2 aromatic carbocycles. The topological polar surface area (TPSA) is 142 Å². The van der Waals surface area contributed by atoms with E-state index in [1.807, 2.05) is 24.3 Å². The highest BCUT2D eigenvalue weighted by molar-refractivity contribution is 7.59. The van der Waals surface area contributed by atoms with E-state index in [2.05, 4.69) is 10.6 Å². The second-order valence-electron chi connectivity index (χ2n) is 8.76. The zero-order chi connectivity index (χ0) is 25.4. The highest BCUT2D eigenvalue weighted by atomic mass is 31.2. The first-order chi connectivity index (χ1) is 16.7. The summed E-state index contributed by atoms with van der Waals surface area (Å²) >= 11 is 0. The van der Waals surface area contributed by atoms with Crippen molar-refractivity contribution in [1.29, 1.82) is 0 Å². The highest BCUT2D eigenvalue weighted by Gasteiger charge is 2.49. The Morgan fingerprint density at radius 2 is 1.60 bits per heavy atom. The molecule has 1 saturated carbocycles. The van der Waals surface area contributed by atoms with Gasteiger partial charge in [-0.3, -0.25) is 14.2 Å². The standard InChI is InChI=1S/C25H31N2O7P/c1-17(24(29)30)26-23(28)20-13-8-14-21(20)35(32,33)22(15-18-9-4-2-5-10-18)27-25(31)34-16-19-11-6-3-7-12-19/h2-7,9-12,17,20-22H,8,13-16H2,1H3,(H,26,28)(H,27,31)(H,29,30)(H,32,33)/t17-,20?,21?,22+/m0/s1. The molecule has 4 N–H and O–H groups in total. The maximum absolute atomic E-state index is 13.9. The van der Waals surface area contributed by atoms with Crippen molar-refractivity contribution in [3.8, 4) is 0 Å². The van der Waals surface area contributed by atoms with Crippen molar-refractivity contribution in [3.05, 3.63) is 71.8 Å². The van der Waals surface area contributed by atoms with Gasteiger partial charge in [-0.15, -0.1) is 0 Å². The van der Waals surface area contributed by atoms with E-state index in [-0.39, 0.29) is 13.0 Å². The van der Waals surface area contributed by atoms with E-state index < -0.39 is 48.7 Å². The maximum atomic E-state index is 13.9. The summed E-state index contributed by atoms with van der Waals surface area (Å²) in [5, 5.41) is 14.1. The molecule has 1 aliphatic carbocycles. The largest absolute Gasteiger partial charge is 0.480 e. The van der Waals surface area contributed by atoms with Crippen LogP contribution in [0.3, 0.4) is 0 Å². The first-order valence-electron chi connectivity index (χ1n) is 11.5. The van der Waals surface area contributed by atoms with Crippen LogP contribution in [0.25, 0.3) is 0 Å². The van der Waals surface area contributed by atoms with Gasteiger partial charge in [0, 0.05) is 18.0 Å². The molecule has 0 bridgehead atoms. The van der Waals surface area contributed by atoms with Gasteiger partial charge in [0.25, 0.3) is 0 Å². The number of aliphatic carboxylic acids is 1. The Balaban J connectivity index is 1.77. The zero-order valence-corrected chi connectivity index (χ0v) is 20.4. The second kappa shape index (κ2) is 12.0. The van der Waals surface area contributed by atoms with Gasteiger partial charge in [-0.05, 0) is 30.9 Å². The highest BCUT2D eigenvalue weighted by Crippen LogP contribution is 2.58. The van der Waals surface area contributed by atoms with E-state index >= 15 is 0 Å². The van der Waals surface area contributed by atoms with Crippen molar-refractivity contribution in [1.82, 2.24) is 10.6 Å². The van der Waals surface area contributed by atoms with Crippen LogP contribution in [0.1, 0.15) is 37.3 Å². The van der Waals surface area contributed by atoms with E-state index in [9.17, 15) is 23.8 Å². The number of rotatable bonds is 10. The molecule has 0 aromatic heterocycles. The Labute approximate surface area is 204 Å². The Bertz CT molecular complexity index is 1060.